The molecule has 0 aliphatic heterocycles. The van der Waals surface area contributed by atoms with Gasteiger partial charge in [-0.15, -0.1) is 22.7 Å². The van der Waals surface area contributed by atoms with Crippen LogP contribution in [-0.2, 0) is 17.6 Å². The van der Waals surface area contributed by atoms with E-state index in [0.717, 1.165) is 45.4 Å². The van der Waals surface area contributed by atoms with Gasteiger partial charge in [-0.3, -0.25) is 4.79 Å². The number of hydrogen-bond acceptors (Lipinski definition) is 5. The number of anilines is 1. The summed E-state index contributed by atoms with van der Waals surface area (Å²) >= 11 is 9.32. The molecule has 28 heavy (non-hydrogen) atoms. The molecule has 0 bridgehead atoms. The lowest BCUT2D eigenvalue weighted by molar-refractivity contribution is 0.0601. The summed E-state index contributed by atoms with van der Waals surface area (Å²) in [6, 6.07) is 5.94. The molecule has 1 aliphatic carbocycles. The Morgan fingerprint density at radius 2 is 2.07 bits per heavy atom. The lowest BCUT2D eigenvalue weighted by Crippen LogP contribution is -2.15. The Morgan fingerprint density at radius 1 is 1.29 bits per heavy atom. The third-order valence-electron chi connectivity index (χ3n) is 5.12. The topological polar surface area (TPSA) is 55.4 Å². The molecule has 3 aromatic rings. The minimum atomic E-state index is -0.402. The molecule has 146 valence electrons. The second-order valence-electron chi connectivity index (χ2n) is 7.25. The zero-order valence-electron chi connectivity index (χ0n) is 15.8. The van der Waals surface area contributed by atoms with E-state index in [-0.39, 0.29) is 5.91 Å². The number of benzene rings is 1. The van der Waals surface area contributed by atoms with Crippen molar-refractivity contribution in [1.82, 2.24) is 0 Å². The molecule has 0 fully saturated rings. The van der Waals surface area contributed by atoms with Crippen molar-refractivity contribution in [1.29, 1.82) is 0 Å². The molecule has 0 saturated heterocycles. The van der Waals surface area contributed by atoms with Crippen molar-refractivity contribution in [3.63, 3.8) is 0 Å². The highest BCUT2D eigenvalue weighted by Crippen LogP contribution is 2.41. The van der Waals surface area contributed by atoms with E-state index in [1.807, 2.05) is 25.1 Å². The van der Waals surface area contributed by atoms with E-state index in [1.54, 1.807) is 0 Å². The van der Waals surface area contributed by atoms with Crippen molar-refractivity contribution in [3.8, 4) is 0 Å². The number of nitrogens with one attached hydrogen (secondary N) is 1. The molecule has 1 atom stereocenters. The summed E-state index contributed by atoms with van der Waals surface area (Å²) in [5.74, 6) is -0.124. The van der Waals surface area contributed by atoms with Gasteiger partial charge in [0.15, 0.2) is 0 Å². The summed E-state index contributed by atoms with van der Waals surface area (Å²) in [5.41, 5.74) is 2.63. The Morgan fingerprint density at radius 3 is 2.82 bits per heavy atom. The van der Waals surface area contributed by atoms with Crippen LogP contribution in [0.3, 0.4) is 0 Å². The summed E-state index contributed by atoms with van der Waals surface area (Å²) in [6.07, 6.45) is 2.78. The number of esters is 1. The molecule has 2 aromatic heterocycles. The summed E-state index contributed by atoms with van der Waals surface area (Å²) in [7, 11) is 1.37. The number of halogens is 1. The van der Waals surface area contributed by atoms with Crippen LogP contribution in [0.5, 0.6) is 0 Å². The van der Waals surface area contributed by atoms with Crippen LogP contribution < -0.4 is 5.32 Å². The molecule has 0 spiro atoms. The van der Waals surface area contributed by atoms with Crippen molar-refractivity contribution in [2.75, 3.05) is 12.4 Å². The van der Waals surface area contributed by atoms with Crippen LogP contribution in [0.15, 0.2) is 18.2 Å². The summed E-state index contributed by atoms with van der Waals surface area (Å²) in [6.45, 7) is 4.21. The van der Waals surface area contributed by atoms with Gasteiger partial charge in [-0.25, -0.2) is 4.79 Å². The van der Waals surface area contributed by atoms with Gasteiger partial charge < -0.3 is 10.1 Å². The molecule has 1 unspecified atom stereocenters. The Hall–Kier alpha value is -1.89. The highest BCUT2D eigenvalue weighted by Gasteiger charge is 2.29. The molecule has 4 nitrogen and oxygen atoms in total. The van der Waals surface area contributed by atoms with Gasteiger partial charge >= 0.3 is 5.97 Å². The predicted octanol–water partition coefficient (Wildman–Crippen LogP) is 6.09. The lowest BCUT2D eigenvalue weighted by Gasteiger charge is -2.18. The molecular formula is C21H20ClNO3S2. The van der Waals surface area contributed by atoms with Crippen LogP contribution in [0.4, 0.5) is 5.00 Å². The number of ether oxygens (including phenoxy) is 1. The number of fused-ring (bicyclic) bond motifs is 2. The molecule has 2 heterocycles. The summed E-state index contributed by atoms with van der Waals surface area (Å²) < 4.78 is 5.97. The van der Waals surface area contributed by atoms with E-state index in [0.29, 0.717) is 26.4 Å². The first-order valence-corrected chi connectivity index (χ1v) is 11.1. The lowest BCUT2D eigenvalue weighted by atomic mass is 9.88. The Labute approximate surface area is 176 Å². The molecule has 1 aliphatic rings. The molecule has 1 amide bonds. The number of carbonyl (C=O) groups is 2. The van der Waals surface area contributed by atoms with E-state index in [9.17, 15) is 9.59 Å². The van der Waals surface area contributed by atoms with Crippen LogP contribution in [0.1, 0.15) is 49.4 Å². The standard InChI is InChI=1S/C21H20ClNO3S2/c1-10-4-6-12-14(8-10)28-20(16(12)21(25)26-3)23-19(24)18-17(22)13-7-5-11(2)9-15(13)27-18/h5,7,9-10H,4,6,8H2,1-3H3,(H,23,24). The third-order valence-corrected chi connectivity index (χ3v) is 7.95. The van der Waals surface area contributed by atoms with Gasteiger partial charge in [0, 0.05) is 15.0 Å². The van der Waals surface area contributed by atoms with Crippen molar-refractivity contribution >= 4 is 61.2 Å². The van der Waals surface area contributed by atoms with Crippen LogP contribution in [0.2, 0.25) is 5.02 Å². The number of rotatable bonds is 3. The quantitative estimate of drug-likeness (QED) is 0.508. The van der Waals surface area contributed by atoms with Crippen LogP contribution >= 0.6 is 34.3 Å². The number of carbonyl (C=O) groups excluding carboxylic acids is 2. The summed E-state index contributed by atoms with van der Waals surface area (Å²) in [5, 5.41) is 4.81. The smallest absolute Gasteiger partial charge is 0.341 e. The van der Waals surface area contributed by atoms with Crippen LogP contribution in [-0.4, -0.2) is 19.0 Å². The van der Waals surface area contributed by atoms with Gasteiger partial charge in [0.1, 0.15) is 9.88 Å². The zero-order chi connectivity index (χ0) is 20.0. The zero-order valence-corrected chi connectivity index (χ0v) is 18.2. The number of aryl methyl sites for hydroxylation is 1. The van der Waals surface area contributed by atoms with Crippen molar-refractivity contribution in [2.24, 2.45) is 5.92 Å². The summed E-state index contributed by atoms with van der Waals surface area (Å²) in [4.78, 5) is 27.0. The number of thiophene rings is 2. The largest absolute Gasteiger partial charge is 0.465 e. The van der Waals surface area contributed by atoms with Crippen LogP contribution in [0, 0.1) is 12.8 Å². The van der Waals surface area contributed by atoms with E-state index in [4.69, 9.17) is 16.3 Å². The SMILES string of the molecule is COC(=O)c1c(NC(=O)c2sc3cc(C)ccc3c2Cl)sc2c1CCC(C)C2. The van der Waals surface area contributed by atoms with Gasteiger partial charge in [-0.1, -0.05) is 30.7 Å². The Kier molecular flexibility index (Phi) is 5.21. The average Bonchev–Trinajstić information content (AvgIpc) is 3.17. The predicted molar refractivity (Wildman–Crippen MR) is 116 cm³/mol. The van der Waals surface area contributed by atoms with Gasteiger partial charge in [0.2, 0.25) is 0 Å². The van der Waals surface area contributed by atoms with Gasteiger partial charge in [-0.05, 0) is 49.3 Å². The number of amides is 1. The maximum Gasteiger partial charge on any atom is 0.341 e. The number of hydrogen-bond donors (Lipinski definition) is 1. The first-order valence-electron chi connectivity index (χ1n) is 9.12. The average molecular weight is 434 g/mol. The second-order valence-corrected chi connectivity index (χ2v) is 9.78. The maximum atomic E-state index is 13.0. The fourth-order valence-corrected chi connectivity index (χ4v) is 6.54. The maximum absolute atomic E-state index is 13.0. The fourth-order valence-electron chi connectivity index (χ4n) is 3.64. The minimum absolute atomic E-state index is 0.291. The van der Waals surface area contributed by atoms with Gasteiger partial charge in [-0.2, -0.15) is 0 Å². The molecule has 4 rings (SSSR count). The molecule has 1 N–H and O–H groups in total. The van der Waals surface area contributed by atoms with Gasteiger partial charge in [0.05, 0.1) is 17.7 Å². The van der Waals surface area contributed by atoms with E-state index >= 15 is 0 Å². The molecule has 0 radical (unpaired) electrons. The minimum Gasteiger partial charge on any atom is -0.465 e. The van der Waals surface area contributed by atoms with Crippen molar-refractivity contribution in [2.45, 2.75) is 33.1 Å². The highest BCUT2D eigenvalue weighted by atomic mass is 35.5. The normalized spacial score (nSPS) is 16.1. The van der Waals surface area contributed by atoms with E-state index in [1.165, 1.54) is 29.8 Å². The van der Waals surface area contributed by atoms with Crippen molar-refractivity contribution in [3.05, 3.63) is 49.7 Å². The van der Waals surface area contributed by atoms with E-state index < -0.39 is 5.97 Å². The van der Waals surface area contributed by atoms with E-state index in [2.05, 4.69) is 12.2 Å². The third kappa shape index (κ3) is 3.34. The first-order chi connectivity index (χ1) is 13.4. The molecule has 0 saturated carbocycles. The van der Waals surface area contributed by atoms with Crippen LogP contribution in [0.25, 0.3) is 10.1 Å². The molecule has 7 heteroatoms. The fraction of sp³-hybridized carbons (Fsp3) is 0.333. The first kappa shape index (κ1) is 19.4. The second kappa shape index (κ2) is 7.50. The van der Waals surface area contributed by atoms with Gasteiger partial charge in [0.25, 0.3) is 5.91 Å². The molecule has 1 aromatic carbocycles. The number of methoxy groups -OCH3 is 1. The van der Waals surface area contributed by atoms with Crippen molar-refractivity contribution < 1.29 is 14.3 Å². The Balaban J connectivity index is 1.72. The monoisotopic (exact) mass is 433 g/mol. The highest BCUT2D eigenvalue weighted by molar-refractivity contribution is 7.22. The molecular weight excluding hydrogens is 414 g/mol. The Bertz CT molecular complexity index is 1100.